The van der Waals surface area contributed by atoms with Crippen LogP contribution in [0.25, 0.3) is 11.3 Å². The lowest BCUT2D eigenvalue weighted by Gasteiger charge is -2.06. The van der Waals surface area contributed by atoms with Crippen LogP contribution in [0.4, 0.5) is 0 Å². The fourth-order valence-corrected chi connectivity index (χ4v) is 1.83. The van der Waals surface area contributed by atoms with Crippen LogP contribution in [-0.4, -0.2) is 17.3 Å². The topological polar surface area (TPSA) is 104 Å². The van der Waals surface area contributed by atoms with Crippen LogP contribution in [0, 0.1) is 0 Å². The third kappa shape index (κ3) is 3.80. The minimum Gasteiger partial charge on any atom is -0.545 e. The lowest BCUT2D eigenvalue weighted by atomic mass is 10.1. The number of hydrazone groups is 1. The summed E-state index contributed by atoms with van der Waals surface area (Å²) in [5.41, 5.74) is 8.05. The van der Waals surface area contributed by atoms with Crippen molar-refractivity contribution in [3.05, 3.63) is 46.7 Å². The van der Waals surface area contributed by atoms with Gasteiger partial charge < -0.3 is 20.1 Å². The van der Waals surface area contributed by atoms with Crippen LogP contribution >= 0.6 is 23.8 Å². The molecular weight excluding hydrogens is 314 g/mol. The van der Waals surface area contributed by atoms with Gasteiger partial charge >= 0.3 is 0 Å². The molecule has 8 heteroatoms. The van der Waals surface area contributed by atoms with E-state index < -0.39 is 5.97 Å². The Hall–Kier alpha value is -2.38. The minimum absolute atomic E-state index is 0.0103. The summed E-state index contributed by atoms with van der Waals surface area (Å²) in [4.78, 5) is 10.9. The van der Waals surface area contributed by atoms with Gasteiger partial charge in [0, 0.05) is 5.56 Å². The molecule has 6 nitrogen and oxygen atoms in total. The fraction of sp³-hybridized carbons (Fsp3) is 0. The van der Waals surface area contributed by atoms with Crippen LogP contribution in [-0.2, 0) is 0 Å². The molecule has 0 aliphatic carbocycles. The van der Waals surface area contributed by atoms with E-state index in [0.717, 1.165) is 0 Å². The van der Waals surface area contributed by atoms with Crippen LogP contribution < -0.4 is 16.3 Å². The molecule has 3 N–H and O–H groups in total. The predicted octanol–water partition coefficient (Wildman–Crippen LogP) is 1.13. The summed E-state index contributed by atoms with van der Waals surface area (Å²) in [5, 5.41) is 15.0. The number of nitrogens with two attached hydrogens (primary N) is 1. The van der Waals surface area contributed by atoms with E-state index in [0.29, 0.717) is 22.1 Å². The van der Waals surface area contributed by atoms with Crippen molar-refractivity contribution in [1.82, 2.24) is 5.43 Å². The average molecular weight is 323 g/mol. The summed E-state index contributed by atoms with van der Waals surface area (Å²) in [6.07, 6.45) is 1.37. The number of halogens is 1. The number of carboxylic acids is 1. The van der Waals surface area contributed by atoms with Gasteiger partial charge in [-0.15, -0.1) is 0 Å². The van der Waals surface area contributed by atoms with Gasteiger partial charge in [0.25, 0.3) is 0 Å². The zero-order chi connectivity index (χ0) is 15.4. The molecule has 0 saturated carbocycles. The van der Waals surface area contributed by atoms with Crippen molar-refractivity contribution < 1.29 is 14.3 Å². The SMILES string of the molecule is NC(=S)N/N=C/c1ccc(-c2cc(C(=O)[O-])ccc2Cl)o1. The molecule has 1 aromatic heterocycles. The molecule has 1 heterocycles. The van der Waals surface area contributed by atoms with Crippen molar-refractivity contribution in [3.8, 4) is 11.3 Å². The van der Waals surface area contributed by atoms with E-state index in [1.165, 1.54) is 24.4 Å². The van der Waals surface area contributed by atoms with Crippen LogP contribution in [0.2, 0.25) is 5.02 Å². The van der Waals surface area contributed by atoms with Crippen molar-refractivity contribution in [3.63, 3.8) is 0 Å². The first kappa shape index (κ1) is 15.0. The van der Waals surface area contributed by atoms with E-state index in [1.54, 1.807) is 12.1 Å². The number of carbonyl (C=O) groups excluding carboxylic acids is 1. The van der Waals surface area contributed by atoms with Gasteiger partial charge in [-0.25, -0.2) is 0 Å². The van der Waals surface area contributed by atoms with E-state index >= 15 is 0 Å². The number of carbonyl (C=O) groups is 1. The van der Waals surface area contributed by atoms with Crippen LogP contribution in [0.1, 0.15) is 16.1 Å². The molecule has 0 radical (unpaired) electrons. The van der Waals surface area contributed by atoms with Crippen LogP contribution in [0.5, 0.6) is 0 Å². The van der Waals surface area contributed by atoms with Gasteiger partial charge in [0.2, 0.25) is 0 Å². The van der Waals surface area contributed by atoms with E-state index in [9.17, 15) is 9.90 Å². The molecule has 2 aromatic rings. The van der Waals surface area contributed by atoms with Crippen molar-refractivity contribution in [2.24, 2.45) is 10.8 Å². The number of hydrogen-bond donors (Lipinski definition) is 2. The Morgan fingerprint density at radius 3 is 2.86 bits per heavy atom. The summed E-state index contributed by atoms with van der Waals surface area (Å²) in [5.74, 6) is -0.467. The summed E-state index contributed by atoms with van der Waals surface area (Å²) >= 11 is 10.6. The van der Waals surface area contributed by atoms with Gasteiger partial charge in [-0.1, -0.05) is 17.7 Å². The number of aromatic carboxylic acids is 1. The Kier molecular flexibility index (Phi) is 4.56. The van der Waals surface area contributed by atoms with Gasteiger partial charge in [-0.2, -0.15) is 5.10 Å². The second kappa shape index (κ2) is 6.38. The first-order valence-corrected chi connectivity index (χ1v) is 6.45. The molecule has 0 unspecified atom stereocenters. The molecule has 0 bridgehead atoms. The predicted molar refractivity (Wildman–Crippen MR) is 81.0 cm³/mol. The Morgan fingerprint density at radius 1 is 1.43 bits per heavy atom. The second-order valence-corrected chi connectivity index (χ2v) is 4.77. The van der Waals surface area contributed by atoms with E-state index in [2.05, 4.69) is 22.7 Å². The Labute approximate surface area is 130 Å². The summed E-state index contributed by atoms with van der Waals surface area (Å²) < 4.78 is 5.50. The highest BCUT2D eigenvalue weighted by Crippen LogP contribution is 2.30. The van der Waals surface area contributed by atoms with Crippen molar-refractivity contribution in [2.45, 2.75) is 0 Å². The zero-order valence-corrected chi connectivity index (χ0v) is 12.1. The molecule has 2 rings (SSSR count). The Bertz CT molecular complexity index is 727. The van der Waals surface area contributed by atoms with Crippen molar-refractivity contribution in [2.75, 3.05) is 0 Å². The third-order valence-corrected chi connectivity index (χ3v) is 2.88. The maximum atomic E-state index is 10.9. The lowest BCUT2D eigenvalue weighted by Crippen LogP contribution is -2.23. The van der Waals surface area contributed by atoms with Gasteiger partial charge in [0.1, 0.15) is 11.5 Å². The maximum Gasteiger partial charge on any atom is 0.184 e. The van der Waals surface area contributed by atoms with Gasteiger partial charge in [0.15, 0.2) is 5.11 Å². The van der Waals surface area contributed by atoms with E-state index in [-0.39, 0.29) is 10.7 Å². The highest BCUT2D eigenvalue weighted by molar-refractivity contribution is 7.80. The number of thiocarbonyl (C=S) groups is 1. The molecule has 0 spiro atoms. The van der Waals surface area contributed by atoms with Crippen LogP contribution in [0.3, 0.4) is 0 Å². The molecular formula is C13H9ClN3O3S-. The quantitative estimate of drug-likeness (QED) is 0.497. The van der Waals surface area contributed by atoms with E-state index in [1.807, 2.05) is 0 Å². The highest BCUT2D eigenvalue weighted by Gasteiger charge is 2.09. The molecule has 21 heavy (non-hydrogen) atoms. The molecule has 0 aliphatic heterocycles. The third-order valence-electron chi connectivity index (χ3n) is 2.46. The molecule has 0 aliphatic rings. The van der Waals surface area contributed by atoms with Gasteiger partial charge in [-0.05, 0) is 42.0 Å². The number of nitrogens with zero attached hydrogens (tertiary/aromatic N) is 1. The van der Waals surface area contributed by atoms with Gasteiger partial charge in [0.05, 0.1) is 17.2 Å². The van der Waals surface area contributed by atoms with E-state index in [4.69, 9.17) is 21.8 Å². The first-order valence-electron chi connectivity index (χ1n) is 5.67. The number of carboxylic acid groups (broad SMARTS) is 1. The van der Waals surface area contributed by atoms with Gasteiger partial charge in [-0.3, -0.25) is 5.43 Å². The smallest absolute Gasteiger partial charge is 0.184 e. The Morgan fingerprint density at radius 2 is 2.19 bits per heavy atom. The maximum absolute atomic E-state index is 10.9. The van der Waals surface area contributed by atoms with Crippen molar-refractivity contribution >= 4 is 41.1 Å². The minimum atomic E-state index is -1.29. The molecule has 108 valence electrons. The monoisotopic (exact) mass is 322 g/mol. The summed E-state index contributed by atoms with van der Waals surface area (Å²) in [6, 6.07) is 7.49. The number of hydrogen-bond acceptors (Lipinski definition) is 5. The first-order chi connectivity index (χ1) is 9.97. The summed E-state index contributed by atoms with van der Waals surface area (Å²) in [6.45, 7) is 0. The highest BCUT2D eigenvalue weighted by atomic mass is 35.5. The van der Waals surface area contributed by atoms with Crippen LogP contribution in [0.15, 0.2) is 39.9 Å². The summed E-state index contributed by atoms with van der Waals surface area (Å²) in [7, 11) is 0. The molecule has 0 saturated heterocycles. The fourth-order valence-electron chi connectivity index (χ4n) is 1.57. The number of benzene rings is 1. The average Bonchev–Trinajstić information content (AvgIpc) is 2.87. The molecule has 0 atom stereocenters. The molecule has 1 aromatic carbocycles. The largest absolute Gasteiger partial charge is 0.545 e. The Balaban J connectivity index is 2.29. The second-order valence-electron chi connectivity index (χ2n) is 3.92. The normalized spacial score (nSPS) is 10.7. The number of furan rings is 1. The molecule has 0 fully saturated rings. The zero-order valence-electron chi connectivity index (χ0n) is 10.5. The molecule has 0 amide bonds. The van der Waals surface area contributed by atoms with Crippen molar-refractivity contribution in [1.29, 1.82) is 0 Å². The lowest BCUT2D eigenvalue weighted by molar-refractivity contribution is -0.255. The number of rotatable bonds is 4. The number of nitrogens with one attached hydrogen (secondary N) is 1. The standard InChI is InChI=1S/C13H10ClN3O3S/c14-10-3-1-7(12(18)19)5-9(10)11-4-2-8(20-11)6-16-17-13(15)21/h1-6H,(H,18,19)(H3,15,17,21)/p-1/b16-6+.